The Morgan fingerprint density at radius 3 is 2.63 bits per heavy atom. The van der Waals surface area contributed by atoms with Crippen LogP contribution in [0.15, 0.2) is 50.7 Å². The smallest absolute Gasteiger partial charge is 0.422 e. The van der Waals surface area contributed by atoms with Gasteiger partial charge in [-0.2, -0.15) is 13.2 Å². The van der Waals surface area contributed by atoms with Crippen molar-refractivity contribution in [2.24, 2.45) is 0 Å². The molecule has 5 heterocycles. The fourth-order valence-electron chi connectivity index (χ4n) is 4.22. The van der Waals surface area contributed by atoms with Crippen molar-refractivity contribution in [1.29, 1.82) is 0 Å². The van der Waals surface area contributed by atoms with Gasteiger partial charge in [-0.3, -0.25) is 9.20 Å². The average Bonchev–Trinajstić information content (AvgIpc) is 3.53. The number of pyridine rings is 1. The fraction of sp³-hybridized carbons (Fsp3) is 0.286. The van der Waals surface area contributed by atoms with Crippen LogP contribution in [0.3, 0.4) is 0 Å². The molecule has 2 atom stereocenters. The molecule has 0 saturated carbocycles. The van der Waals surface area contributed by atoms with Crippen LogP contribution in [0, 0.1) is 0 Å². The standard InChI is InChI=1S/C21H16ClF3N4O6/c22-17-16(19(32)27-3-1-13(14(30)7-27)29-15(31)9-35-20(29)33)26-18-12(21(23,24)25)5-11(6-28(17)18)10-2-4-34-8-10/h2,4-6,8-9,13-14,30-31H,1,3,7H2/t13-,14-/m0/s1. The molecule has 1 aliphatic heterocycles. The number of hydrogen-bond acceptors (Lipinski definition) is 7. The number of amides is 1. The Hall–Kier alpha value is -3.71. The van der Waals surface area contributed by atoms with Crippen LogP contribution in [-0.2, 0) is 6.18 Å². The molecule has 0 radical (unpaired) electrons. The number of furan rings is 1. The van der Waals surface area contributed by atoms with Gasteiger partial charge in [-0.05, 0) is 18.6 Å². The number of carbonyl (C=O) groups excluding carboxylic acids is 1. The van der Waals surface area contributed by atoms with Crippen molar-refractivity contribution in [1.82, 2.24) is 18.9 Å². The second kappa shape index (κ2) is 8.20. The molecular weight excluding hydrogens is 497 g/mol. The first kappa shape index (κ1) is 23.1. The third-order valence-corrected chi connectivity index (χ3v) is 6.26. The summed E-state index contributed by atoms with van der Waals surface area (Å²) < 4.78 is 52.9. The molecule has 0 spiro atoms. The molecule has 35 heavy (non-hydrogen) atoms. The van der Waals surface area contributed by atoms with E-state index >= 15 is 0 Å². The Bertz CT molecular complexity index is 1470. The van der Waals surface area contributed by atoms with E-state index in [-0.39, 0.29) is 30.2 Å². The molecule has 0 unspecified atom stereocenters. The van der Waals surface area contributed by atoms with E-state index < -0.39 is 52.8 Å². The van der Waals surface area contributed by atoms with Crippen LogP contribution >= 0.6 is 11.6 Å². The number of imidazole rings is 1. The van der Waals surface area contributed by atoms with Gasteiger partial charge in [0.05, 0.1) is 30.2 Å². The Labute approximate surface area is 198 Å². The number of piperidine rings is 1. The summed E-state index contributed by atoms with van der Waals surface area (Å²) in [7, 11) is 0. The highest BCUT2D eigenvalue weighted by molar-refractivity contribution is 6.33. The third kappa shape index (κ3) is 3.86. The normalized spacial score (nSPS) is 18.9. The van der Waals surface area contributed by atoms with Gasteiger partial charge in [-0.1, -0.05) is 11.6 Å². The predicted molar refractivity (Wildman–Crippen MR) is 113 cm³/mol. The SMILES string of the molecule is O=C(c1nc2c(C(F)(F)F)cc(-c3ccoc3)cn2c1Cl)N1CC[C@H](n2c(O)coc2=O)[C@@H](O)C1. The van der Waals surface area contributed by atoms with Crippen LogP contribution in [0.5, 0.6) is 5.88 Å². The van der Waals surface area contributed by atoms with Crippen LogP contribution in [0.25, 0.3) is 16.8 Å². The number of fused-ring (bicyclic) bond motifs is 1. The Morgan fingerprint density at radius 1 is 1.26 bits per heavy atom. The van der Waals surface area contributed by atoms with Crippen molar-refractivity contribution in [2.45, 2.75) is 24.7 Å². The number of likely N-dealkylation sites (tertiary alicyclic amines) is 1. The summed E-state index contributed by atoms with van der Waals surface area (Å²) in [4.78, 5) is 30.0. The van der Waals surface area contributed by atoms with Gasteiger partial charge < -0.3 is 23.9 Å². The lowest BCUT2D eigenvalue weighted by Crippen LogP contribution is -2.48. The molecular formula is C21H16ClF3N4O6. The maximum atomic E-state index is 13.8. The van der Waals surface area contributed by atoms with Crippen LogP contribution in [0.4, 0.5) is 13.2 Å². The van der Waals surface area contributed by atoms with Crippen LogP contribution in [-0.4, -0.2) is 54.2 Å². The number of nitrogens with zero attached hydrogens (tertiary/aromatic N) is 4. The first-order chi connectivity index (χ1) is 16.6. The van der Waals surface area contributed by atoms with Gasteiger partial charge in [0.1, 0.15) is 5.15 Å². The number of aliphatic hydroxyl groups is 1. The number of aliphatic hydroxyl groups excluding tert-OH is 1. The van der Waals surface area contributed by atoms with E-state index in [0.29, 0.717) is 5.56 Å². The Balaban J connectivity index is 1.50. The van der Waals surface area contributed by atoms with E-state index in [2.05, 4.69) is 9.40 Å². The Morgan fingerprint density at radius 2 is 2.03 bits per heavy atom. The van der Waals surface area contributed by atoms with Crippen LogP contribution < -0.4 is 5.76 Å². The minimum absolute atomic E-state index is 0.00815. The number of carbonyl (C=O) groups is 1. The van der Waals surface area contributed by atoms with E-state index in [1.807, 2.05) is 0 Å². The highest BCUT2D eigenvalue weighted by atomic mass is 35.5. The molecule has 0 aliphatic carbocycles. The number of halogens is 4. The van der Waals surface area contributed by atoms with Crippen molar-refractivity contribution in [3.8, 4) is 17.0 Å². The lowest BCUT2D eigenvalue weighted by molar-refractivity contribution is -0.136. The molecule has 5 rings (SSSR count). The van der Waals surface area contributed by atoms with Gasteiger partial charge in [0, 0.05) is 30.4 Å². The lowest BCUT2D eigenvalue weighted by Gasteiger charge is -2.35. The van der Waals surface area contributed by atoms with Gasteiger partial charge in [0.15, 0.2) is 17.6 Å². The molecule has 0 aromatic carbocycles. The van der Waals surface area contributed by atoms with E-state index in [4.69, 9.17) is 16.0 Å². The Kier molecular flexibility index (Phi) is 5.40. The molecule has 1 aliphatic rings. The quantitative estimate of drug-likeness (QED) is 0.432. The summed E-state index contributed by atoms with van der Waals surface area (Å²) >= 11 is 6.32. The molecule has 2 N–H and O–H groups in total. The molecule has 1 saturated heterocycles. The van der Waals surface area contributed by atoms with Gasteiger partial charge >= 0.3 is 11.9 Å². The number of β-amino-alcohol motifs (C(OH)–C–C–N with tert-alkyl or cyclic N) is 1. The summed E-state index contributed by atoms with van der Waals surface area (Å²) in [5.74, 6) is -2.14. The average molecular weight is 513 g/mol. The zero-order chi connectivity index (χ0) is 25.1. The van der Waals surface area contributed by atoms with E-state index in [1.54, 1.807) is 0 Å². The number of aromatic hydroxyl groups is 1. The van der Waals surface area contributed by atoms with Crippen LogP contribution in [0.1, 0.15) is 28.5 Å². The largest absolute Gasteiger partial charge is 0.492 e. The van der Waals surface area contributed by atoms with Gasteiger partial charge in [-0.15, -0.1) is 0 Å². The maximum Gasteiger partial charge on any atom is 0.422 e. The van der Waals surface area contributed by atoms with Gasteiger partial charge in [0.2, 0.25) is 5.88 Å². The van der Waals surface area contributed by atoms with E-state index in [1.165, 1.54) is 29.7 Å². The first-order valence-electron chi connectivity index (χ1n) is 10.2. The summed E-state index contributed by atoms with van der Waals surface area (Å²) in [5, 5.41) is 20.0. The molecule has 0 bridgehead atoms. The van der Waals surface area contributed by atoms with E-state index in [9.17, 15) is 33.0 Å². The minimum atomic E-state index is -4.79. The topological polar surface area (TPSA) is 126 Å². The number of hydrogen-bond donors (Lipinski definition) is 2. The fourth-order valence-corrected chi connectivity index (χ4v) is 4.47. The van der Waals surface area contributed by atoms with Crippen molar-refractivity contribution in [3.63, 3.8) is 0 Å². The number of aromatic nitrogens is 3. The molecule has 14 heteroatoms. The van der Waals surface area contributed by atoms with Crippen LogP contribution in [0.2, 0.25) is 5.15 Å². The summed E-state index contributed by atoms with van der Waals surface area (Å²) in [6, 6.07) is 1.51. The highest BCUT2D eigenvalue weighted by Gasteiger charge is 2.38. The minimum Gasteiger partial charge on any atom is -0.492 e. The summed E-state index contributed by atoms with van der Waals surface area (Å²) in [6.45, 7) is -0.272. The summed E-state index contributed by atoms with van der Waals surface area (Å²) in [6.07, 6.45) is -1.27. The molecule has 1 fully saturated rings. The molecule has 184 valence electrons. The molecule has 10 nitrogen and oxygen atoms in total. The van der Waals surface area contributed by atoms with E-state index in [0.717, 1.165) is 21.3 Å². The molecule has 4 aromatic rings. The zero-order valence-electron chi connectivity index (χ0n) is 17.6. The van der Waals surface area contributed by atoms with Gasteiger partial charge in [-0.25, -0.2) is 14.3 Å². The zero-order valence-corrected chi connectivity index (χ0v) is 18.3. The second-order valence-corrected chi connectivity index (χ2v) is 8.36. The lowest BCUT2D eigenvalue weighted by atomic mass is 10.0. The molecule has 4 aromatic heterocycles. The van der Waals surface area contributed by atoms with Crippen molar-refractivity contribution in [2.75, 3.05) is 13.1 Å². The second-order valence-electron chi connectivity index (χ2n) is 8.00. The highest BCUT2D eigenvalue weighted by Crippen LogP contribution is 2.37. The third-order valence-electron chi connectivity index (χ3n) is 5.90. The molecule has 1 amide bonds. The van der Waals surface area contributed by atoms with Crippen molar-refractivity contribution >= 4 is 23.2 Å². The monoisotopic (exact) mass is 512 g/mol. The van der Waals surface area contributed by atoms with Gasteiger partial charge in [0.25, 0.3) is 5.91 Å². The first-order valence-corrected chi connectivity index (χ1v) is 10.6. The maximum absolute atomic E-state index is 13.8. The number of rotatable bonds is 3. The number of alkyl halides is 3. The predicted octanol–water partition coefficient (Wildman–Crippen LogP) is 3.17. The van der Waals surface area contributed by atoms with Crippen molar-refractivity contribution < 1.29 is 37.0 Å². The number of oxazole rings is 1. The van der Waals surface area contributed by atoms with Crippen molar-refractivity contribution in [3.05, 3.63) is 64.1 Å². The summed E-state index contributed by atoms with van der Waals surface area (Å²) in [5.41, 5.74) is -1.54.